The molecular weight excluding hydrogens is 216 g/mol. The molecule has 2 N–H and O–H groups in total. The van der Waals surface area contributed by atoms with Crippen LogP contribution in [0.5, 0.6) is 0 Å². The summed E-state index contributed by atoms with van der Waals surface area (Å²) in [5, 5.41) is 9.85. The third kappa shape index (κ3) is 2.99. The van der Waals surface area contributed by atoms with Gasteiger partial charge in [0.1, 0.15) is 0 Å². The molecule has 2 heterocycles. The molecule has 5 nitrogen and oxygen atoms in total. The molecule has 0 aromatic carbocycles. The van der Waals surface area contributed by atoms with Crippen LogP contribution in [0.1, 0.15) is 44.7 Å². The normalized spacial score (nSPS) is 16.3. The number of nitrogens with zero attached hydrogens (tertiary/aromatic N) is 2. The third-order valence-corrected chi connectivity index (χ3v) is 3.10. The van der Waals surface area contributed by atoms with Gasteiger partial charge in [0.2, 0.25) is 0 Å². The van der Waals surface area contributed by atoms with Gasteiger partial charge in [0, 0.05) is 24.8 Å². The molecule has 0 aliphatic carbocycles. The van der Waals surface area contributed by atoms with Crippen molar-refractivity contribution in [3.05, 3.63) is 11.8 Å². The van der Waals surface area contributed by atoms with Crippen LogP contribution in [0, 0.1) is 0 Å². The van der Waals surface area contributed by atoms with E-state index in [-0.39, 0.29) is 6.03 Å². The fraction of sp³-hybridized carbons (Fsp3) is 0.667. The maximum Gasteiger partial charge on any atom is 0.323 e. The summed E-state index contributed by atoms with van der Waals surface area (Å²) < 4.78 is 0. The van der Waals surface area contributed by atoms with E-state index in [0.29, 0.717) is 11.7 Å². The molecule has 5 heteroatoms. The Labute approximate surface area is 102 Å². The zero-order valence-electron chi connectivity index (χ0n) is 10.5. The number of carbonyl (C=O) groups excluding carboxylic acids is 1. The van der Waals surface area contributed by atoms with E-state index in [1.807, 2.05) is 11.0 Å². The van der Waals surface area contributed by atoms with Gasteiger partial charge in [-0.1, -0.05) is 13.8 Å². The first-order chi connectivity index (χ1) is 8.16. The highest BCUT2D eigenvalue weighted by Gasteiger charge is 2.17. The lowest BCUT2D eigenvalue weighted by atomic mass is 10.1. The number of piperidine rings is 1. The zero-order valence-corrected chi connectivity index (χ0v) is 10.5. The number of hydrogen-bond donors (Lipinski definition) is 2. The van der Waals surface area contributed by atoms with Crippen LogP contribution in [-0.2, 0) is 0 Å². The highest BCUT2D eigenvalue weighted by Crippen LogP contribution is 2.16. The van der Waals surface area contributed by atoms with E-state index in [9.17, 15) is 4.79 Å². The molecule has 1 aliphatic rings. The van der Waals surface area contributed by atoms with Crippen molar-refractivity contribution in [3.63, 3.8) is 0 Å². The summed E-state index contributed by atoms with van der Waals surface area (Å²) in [5.74, 6) is 1.01. The van der Waals surface area contributed by atoms with Crippen LogP contribution in [0.15, 0.2) is 6.07 Å². The lowest BCUT2D eigenvalue weighted by molar-refractivity contribution is 0.200. The molecule has 2 amide bonds. The van der Waals surface area contributed by atoms with Crippen LogP contribution in [0.3, 0.4) is 0 Å². The molecule has 0 radical (unpaired) electrons. The first-order valence-corrected chi connectivity index (χ1v) is 6.28. The van der Waals surface area contributed by atoms with E-state index in [0.717, 1.165) is 31.6 Å². The lowest BCUT2D eigenvalue weighted by Crippen LogP contribution is -2.38. The predicted octanol–water partition coefficient (Wildman–Crippen LogP) is 2.55. The number of anilines is 1. The molecule has 94 valence electrons. The summed E-state index contributed by atoms with van der Waals surface area (Å²) in [6, 6.07) is 1.86. The van der Waals surface area contributed by atoms with Crippen LogP contribution in [0.2, 0.25) is 0 Å². The Balaban J connectivity index is 1.92. The van der Waals surface area contributed by atoms with Crippen LogP contribution in [0.25, 0.3) is 0 Å². The molecular formula is C12H20N4O. The van der Waals surface area contributed by atoms with Gasteiger partial charge in [0.05, 0.1) is 0 Å². The van der Waals surface area contributed by atoms with Crippen molar-refractivity contribution in [1.82, 2.24) is 15.1 Å². The zero-order chi connectivity index (χ0) is 12.3. The van der Waals surface area contributed by atoms with Gasteiger partial charge < -0.3 is 4.90 Å². The van der Waals surface area contributed by atoms with E-state index >= 15 is 0 Å². The summed E-state index contributed by atoms with van der Waals surface area (Å²) in [4.78, 5) is 13.8. The van der Waals surface area contributed by atoms with Gasteiger partial charge >= 0.3 is 6.03 Å². The second-order valence-electron chi connectivity index (χ2n) is 4.84. The Morgan fingerprint density at radius 3 is 2.71 bits per heavy atom. The van der Waals surface area contributed by atoms with E-state index in [1.54, 1.807) is 0 Å². The topological polar surface area (TPSA) is 61.0 Å². The van der Waals surface area contributed by atoms with E-state index in [2.05, 4.69) is 29.4 Å². The van der Waals surface area contributed by atoms with Crippen LogP contribution in [0.4, 0.5) is 10.6 Å². The molecule has 0 atom stereocenters. The van der Waals surface area contributed by atoms with Crippen molar-refractivity contribution in [2.24, 2.45) is 0 Å². The molecule has 0 spiro atoms. The molecule has 0 bridgehead atoms. The fourth-order valence-corrected chi connectivity index (χ4v) is 1.98. The molecule has 1 fully saturated rings. The molecule has 0 saturated carbocycles. The first-order valence-electron chi connectivity index (χ1n) is 6.28. The van der Waals surface area contributed by atoms with Crippen LogP contribution in [-0.4, -0.2) is 34.2 Å². The summed E-state index contributed by atoms with van der Waals surface area (Å²) in [6.07, 6.45) is 3.43. The Kier molecular flexibility index (Phi) is 3.66. The van der Waals surface area contributed by atoms with E-state index < -0.39 is 0 Å². The van der Waals surface area contributed by atoms with Gasteiger partial charge in [-0.3, -0.25) is 10.4 Å². The molecule has 2 rings (SSSR count). The first kappa shape index (κ1) is 12.0. The maximum absolute atomic E-state index is 11.9. The summed E-state index contributed by atoms with van der Waals surface area (Å²) >= 11 is 0. The summed E-state index contributed by atoms with van der Waals surface area (Å²) in [6.45, 7) is 5.88. The molecule has 0 unspecified atom stereocenters. The van der Waals surface area contributed by atoms with Gasteiger partial charge in [-0.2, -0.15) is 5.10 Å². The maximum atomic E-state index is 11.9. The van der Waals surface area contributed by atoms with Crippen molar-refractivity contribution in [2.75, 3.05) is 18.4 Å². The quantitative estimate of drug-likeness (QED) is 0.829. The van der Waals surface area contributed by atoms with Crippen molar-refractivity contribution in [2.45, 2.75) is 39.0 Å². The fourth-order valence-electron chi connectivity index (χ4n) is 1.98. The number of carbonyl (C=O) groups is 1. The van der Waals surface area contributed by atoms with Crippen molar-refractivity contribution >= 4 is 11.8 Å². The van der Waals surface area contributed by atoms with Gasteiger partial charge in [-0.25, -0.2) is 4.79 Å². The van der Waals surface area contributed by atoms with Crippen molar-refractivity contribution < 1.29 is 4.79 Å². The predicted molar refractivity (Wildman–Crippen MR) is 67.1 cm³/mol. The average Bonchev–Trinajstić information content (AvgIpc) is 2.79. The Bertz CT molecular complexity index is 380. The Morgan fingerprint density at radius 2 is 2.12 bits per heavy atom. The molecule has 1 aromatic rings. The van der Waals surface area contributed by atoms with Gasteiger partial charge in [-0.05, 0) is 25.2 Å². The minimum atomic E-state index is -0.0356. The van der Waals surface area contributed by atoms with E-state index in [1.165, 1.54) is 6.42 Å². The molecule has 17 heavy (non-hydrogen) atoms. The largest absolute Gasteiger partial charge is 0.325 e. The number of nitrogens with one attached hydrogen (secondary N) is 2. The van der Waals surface area contributed by atoms with Gasteiger partial charge in [0.15, 0.2) is 5.82 Å². The SMILES string of the molecule is CC(C)c1cc(NC(=O)N2CCCCC2)n[nH]1. The van der Waals surface area contributed by atoms with Gasteiger partial charge in [0.25, 0.3) is 0 Å². The lowest BCUT2D eigenvalue weighted by Gasteiger charge is -2.26. The minimum absolute atomic E-state index is 0.0356. The number of rotatable bonds is 2. The number of aromatic nitrogens is 2. The highest BCUT2D eigenvalue weighted by molar-refractivity contribution is 5.88. The second-order valence-corrected chi connectivity index (χ2v) is 4.84. The highest BCUT2D eigenvalue weighted by atomic mass is 16.2. The second kappa shape index (κ2) is 5.21. The Hall–Kier alpha value is -1.52. The number of amides is 2. The molecule has 1 aliphatic heterocycles. The van der Waals surface area contributed by atoms with Crippen molar-refractivity contribution in [3.8, 4) is 0 Å². The van der Waals surface area contributed by atoms with Gasteiger partial charge in [-0.15, -0.1) is 0 Å². The summed E-state index contributed by atoms with van der Waals surface area (Å²) in [5.41, 5.74) is 1.04. The number of H-pyrrole nitrogens is 1. The molecule has 1 aromatic heterocycles. The Morgan fingerprint density at radius 1 is 1.41 bits per heavy atom. The number of aromatic amines is 1. The van der Waals surface area contributed by atoms with Crippen molar-refractivity contribution in [1.29, 1.82) is 0 Å². The smallest absolute Gasteiger partial charge is 0.323 e. The summed E-state index contributed by atoms with van der Waals surface area (Å²) in [7, 11) is 0. The number of likely N-dealkylation sites (tertiary alicyclic amines) is 1. The number of urea groups is 1. The van der Waals surface area contributed by atoms with Crippen LogP contribution < -0.4 is 5.32 Å². The van der Waals surface area contributed by atoms with Crippen LogP contribution >= 0.6 is 0 Å². The average molecular weight is 236 g/mol. The standard InChI is InChI=1S/C12H20N4O/c1-9(2)10-8-11(15-14-10)13-12(17)16-6-4-3-5-7-16/h8-9H,3-7H2,1-2H3,(H2,13,14,15,17). The third-order valence-electron chi connectivity index (χ3n) is 3.10. The minimum Gasteiger partial charge on any atom is -0.325 e. The monoisotopic (exact) mass is 236 g/mol. The molecule has 1 saturated heterocycles. The van der Waals surface area contributed by atoms with E-state index in [4.69, 9.17) is 0 Å². The number of hydrogen-bond acceptors (Lipinski definition) is 2.